The van der Waals surface area contributed by atoms with Crippen molar-refractivity contribution in [2.24, 2.45) is 0 Å². The van der Waals surface area contributed by atoms with Crippen molar-refractivity contribution in [3.63, 3.8) is 0 Å². The SMILES string of the molecule is C#CC(C)(C)NC(=O)c1cc(C)c(F)cc1F. The maximum atomic E-state index is 13.4. The van der Waals surface area contributed by atoms with Crippen molar-refractivity contribution in [1.82, 2.24) is 5.32 Å². The van der Waals surface area contributed by atoms with E-state index in [1.54, 1.807) is 13.8 Å². The predicted molar refractivity (Wildman–Crippen MR) is 61.5 cm³/mol. The molecule has 0 bridgehead atoms. The smallest absolute Gasteiger partial charge is 0.255 e. The maximum Gasteiger partial charge on any atom is 0.255 e. The molecule has 0 atom stereocenters. The molecular weight excluding hydrogens is 224 g/mol. The van der Waals surface area contributed by atoms with E-state index >= 15 is 0 Å². The average Bonchev–Trinajstić information content (AvgIpc) is 2.22. The lowest BCUT2D eigenvalue weighted by atomic mass is 10.0. The molecule has 4 heteroatoms. The number of hydrogen-bond acceptors (Lipinski definition) is 1. The topological polar surface area (TPSA) is 29.1 Å². The van der Waals surface area contributed by atoms with Crippen molar-refractivity contribution in [2.45, 2.75) is 26.3 Å². The number of nitrogens with one attached hydrogen (secondary N) is 1. The lowest BCUT2D eigenvalue weighted by Gasteiger charge is -2.19. The maximum absolute atomic E-state index is 13.4. The second-order valence-corrected chi connectivity index (χ2v) is 4.30. The minimum Gasteiger partial charge on any atom is -0.336 e. The second-order valence-electron chi connectivity index (χ2n) is 4.30. The summed E-state index contributed by atoms with van der Waals surface area (Å²) in [5, 5.41) is 2.47. The number of benzene rings is 1. The van der Waals surface area contributed by atoms with Crippen molar-refractivity contribution in [2.75, 3.05) is 0 Å². The molecule has 1 aromatic rings. The largest absolute Gasteiger partial charge is 0.336 e. The van der Waals surface area contributed by atoms with Crippen LogP contribution in [0.2, 0.25) is 0 Å². The Balaban J connectivity index is 3.07. The number of terminal acetylenes is 1. The van der Waals surface area contributed by atoms with E-state index in [1.165, 1.54) is 6.92 Å². The molecule has 0 saturated carbocycles. The molecule has 1 aromatic carbocycles. The highest BCUT2D eigenvalue weighted by Gasteiger charge is 2.21. The third kappa shape index (κ3) is 3.04. The van der Waals surface area contributed by atoms with Gasteiger partial charge in [0.05, 0.1) is 11.1 Å². The van der Waals surface area contributed by atoms with Gasteiger partial charge in [-0.3, -0.25) is 4.79 Å². The molecule has 90 valence electrons. The fourth-order valence-electron chi connectivity index (χ4n) is 1.22. The third-order valence-electron chi connectivity index (χ3n) is 2.28. The summed E-state index contributed by atoms with van der Waals surface area (Å²) in [7, 11) is 0. The Bertz CT molecular complexity index is 501. The van der Waals surface area contributed by atoms with Gasteiger partial charge in [0.1, 0.15) is 11.6 Å². The molecule has 0 radical (unpaired) electrons. The molecule has 0 aromatic heterocycles. The lowest BCUT2D eigenvalue weighted by molar-refractivity contribution is 0.0925. The predicted octanol–water partition coefficient (Wildman–Crippen LogP) is 2.41. The van der Waals surface area contributed by atoms with Gasteiger partial charge in [-0.15, -0.1) is 6.42 Å². The Labute approximate surface area is 99.0 Å². The lowest BCUT2D eigenvalue weighted by Crippen LogP contribution is -2.42. The molecular formula is C13H13F2NO. The first-order chi connectivity index (χ1) is 7.76. The van der Waals surface area contributed by atoms with Crippen LogP contribution in [0.5, 0.6) is 0 Å². The van der Waals surface area contributed by atoms with Crippen LogP contribution in [0.4, 0.5) is 8.78 Å². The zero-order valence-electron chi connectivity index (χ0n) is 9.90. The summed E-state index contributed by atoms with van der Waals surface area (Å²) in [6, 6.07) is 1.85. The average molecular weight is 237 g/mol. The van der Waals surface area contributed by atoms with E-state index in [4.69, 9.17) is 6.42 Å². The summed E-state index contributed by atoms with van der Waals surface area (Å²) in [5.41, 5.74) is -0.895. The summed E-state index contributed by atoms with van der Waals surface area (Å²) in [4.78, 5) is 11.7. The van der Waals surface area contributed by atoms with E-state index < -0.39 is 23.1 Å². The highest BCUT2D eigenvalue weighted by molar-refractivity contribution is 5.95. The van der Waals surface area contributed by atoms with Crippen LogP contribution in [0.15, 0.2) is 12.1 Å². The zero-order chi connectivity index (χ0) is 13.2. The van der Waals surface area contributed by atoms with E-state index in [1.807, 2.05) is 0 Å². The number of rotatable bonds is 2. The number of carbonyl (C=O) groups excluding carboxylic acids is 1. The van der Waals surface area contributed by atoms with Gasteiger partial charge in [0.15, 0.2) is 0 Å². The van der Waals surface area contributed by atoms with Crippen LogP contribution in [-0.4, -0.2) is 11.4 Å². The molecule has 0 spiro atoms. The van der Waals surface area contributed by atoms with Crippen molar-refractivity contribution in [1.29, 1.82) is 0 Å². The Hall–Kier alpha value is -1.89. The third-order valence-corrected chi connectivity index (χ3v) is 2.28. The van der Waals surface area contributed by atoms with E-state index in [0.717, 1.165) is 6.07 Å². The summed E-state index contributed by atoms with van der Waals surface area (Å²) in [6.45, 7) is 4.68. The van der Waals surface area contributed by atoms with Crippen molar-refractivity contribution in [3.8, 4) is 12.3 Å². The van der Waals surface area contributed by atoms with Crippen LogP contribution in [0.1, 0.15) is 29.8 Å². The van der Waals surface area contributed by atoms with E-state index in [0.29, 0.717) is 6.07 Å². The molecule has 0 aliphatic heterocycles. The first kappa shape index (κ1) is 13.2. The monoisotopic (exact) mass is 237 g/mol. The van der Waals surface area contributed by atoms with Gasteiger partial charge in [-0.1, -0.05) is 5.92 Å². The molecule has 0 aliphatic carbocycles. The summed E-state index contributed by atoms with van der Waals surface area (Å²) >= 11 is 0. The normalized spacial score (nSPS) is 10.8. The van der Waals surface area contributed by atoms with Crippen LogP contribution in [0.25, 0.3) is 0 Å². The van der Waals surface area contributed by atoms with Crippen LogP contribution in [-0.2, 0) is 0 Å². The van der Waals surface area contributed by atoms with Gasteiger partial charge in [-0.2, -0.15) is 0 Å². The molecule has 17 heavy (non-hydrogen) atoms. The minimum absolute atomic E-state index is 0.204. The molecule has 0 aliphatic rings. The van der Waals surface area contributed by atoms with Gasteiger partial charge >= 0.3 is 0 Å². The number of halogens is 2. The van der Waals surface area contributed by atoms with Gasteiger partial charge in [0.25, 0.3) is 5.91 Å². The van der Waals surface area contributed by atoms with Crippen LogP contribution in [0.3, 0.4) is 0 Å². The molecule has 0 heterocycles. The highest BCUT2D eigenvalue weighted by atomic mass is 19.1. The standard InChI is InChI=1S/C13H13F2NO/c1-5-13(3,4)16-12(17)9-6-8(2)10(14)7-11(9)15/h1,6-7H,2-4H3,(H,16,17). The summed E-state index contributed by atoms with van der Waals surface area (Å²) in [5.74, 6) is 0.111. The molecule has 1 N–H and O–H groups in total. The Morgan fingerprint density at radius 1 is 1.35 bits per heavy atom. The fraction of sp³-hybridized carbons (Fsp3) is 0.308. The van der Waals surface area contributed by atoms with Crippen molar-refractivity contribution < 1.29 is 13.6 Å². The van der Waals surface area contributed by atoms with E-state index in [9.17, 15) is 13.6 Å². The van der Waals surface area contributed by atoms with Gasteiger partial charge < -0.3 is 5.32 Å². The Morgan fingerprint density at radius 2 is 1.94 bits per heavy atom. The van der Waals surface area contributed by atoms with Crippen molar-refractivity contribution in [3.05, 3.63) is 34.9 Å². The van der Waals surface area contributed by atoms with Crippen LogP contribution in [0, 0.1) is 30.9 Å². The number of aryl methyl sites for hydroxylation is 1. The number of carbonyl (C=O) groups is 1. The molecule has 0 fully saturated rings. The van der Waals surface area contributed by atoms with Crippen LogP contribution < -0.4 is 5.32 Å². The van der Waals surface area contributed by atoms with Gasteiger partial charge in [0, 0.05) is 6.07 Å². The van der Waals surface area contributed by atoms with Crippen LogP contribution >= 0.6 is 0 Å². The molecule has 2 nitrogen and oxygen atoms in total. The highest BCUT2D eigenvalue weighted by Crippen LogP contribution is 2.15. The Kier molecular flexibility index (Phi) is 3.52. The van der Waals surface area contributed by atoms with Gasteiger partial charge in [-0.25, -0.2) is 8.78 Å². The quantitative estimate of drug-likeness (QED) is 0.786. The Morgan fingerprint density at radius 3 is 2.47 bits per heavy atom. The van der Waals surface area contributed by atoms with E-state index in [-0.39, 0.29) is 11.1 Å². The second kappa shape index (κ2) is 4.54. The molecule has 0 unspecified atom stereocenters. The van der Waals surface area contributed by atoms with Crippen molar-refractivity contribution >= 4 is 5.91 Å². The fourth-order valence-corrected chi connectivity index (χ4v) is 1.22. The number of hydrogen-bond donors (Lipinski definition) is 1. The first-order valence-corrected chi connectivity index (χ1v) is 5.03. The number of amides is 1. The van der Waals surface area contributed by atoms with Gasteiger partial charge in [-0.05, 0) is 32.4 Å². The van der Waals surface area contributed by atoms with E-state index in [2.05, 4.69) is 11.2 Å². The van der Waals surface area contributed by atoms with Gasteiger partial charge in [0.2, 0.25) is 0 Å². The molecule has 1 rings (SSSR count). The molecule has 0 saturated heterocycles. The summed E-state index contributed by atoms with van der Waals surface area (Å²) < 4.78 is 26.4. The zero-order valence-corrected chi connectivity index (χ0v) is 9.90. The minimum atomic E-state index is -0.904. The summed E-state index contributed by atoms with van der Waals surface area (Å²) in [6.07, 6.45) is 5.21. The first-order valence-electron chi connectivity index (χ1n) is 5.03. The molecule has 1 amide bonds.